The van der Waals surface area contributed by atoms with Crippen LogP contribution >= 0.6 is 11.3 Å². The molecule has 2 rings (SSSR count). The van der Waals surface area contributed by atoms with Crippen LogP contribution in [0.1, 0.15) is 25.3 Å². The van der Waals surface area contributed by atoms with Crippen LogP contribution < -0.4 is 4.74 Å². The Morgan fingerprint density at radius 3 is 2.38 bits per heavy atom. The summed E-state index contributed by atoms with van der Waals surface area (Å²) in [5, 5.41) is 2.93. The van der Waals surface area contributed by atoms with E-state index in [0.29, 0.717) is 11.8 Å². The number of aromatic nitrogens is 1. The molecule has 1 heterocycles. The molecule has 0 aliphatic heterocycles. The van der Waals surface area contributed by atoms with Crippen molar-refractivity contribution in [3.8, 4) is 16.5 Å². The molecule has 84 valence electrons. The summed E-state index contributed by atoms with van der Waals surface area (Å²) in [6.45, 7) is 4.39. The van der Waals surface area contributed by atoms with Gasteiger partial charge in [-0.2, -0.15) is 0 Å². The van der Waals surface area contributed by atoms with Gasteiger partial charge in [0.15, 0.2) is 0 Å². The summed E-state index contributed by atoms with van der Waals surface area (Å²) in [7, 11) is 1.64. The standard InChI is InChI=1S/C13H15NOS/c1-9(2)10-4-6-11(7-5-10)13-14-12(15-3)8-16-13/h4-9H,1-3H3. The van der Waals surface area contributed by atoms with Crippen molar-refractivity contribution in [3.63, 3.8) is 0 Å². The van der Waals surface area contributed by atoms with E-state index in [-0.39, 0.29) is 0 Å². The summed E-state index contributed by atoms with van der Waals surface area (Å²) in [5.41, 5.74) is 2.50. The van der Waals surface area contributed by atoms with Crippen LogP contribution in [0.3, 0.4) is 0 Å². The molecule has 0 saturated carbocycles. The van der Waals surface area contributed by atoms with Gasteiger partial charge in [0, 0.05) is 5.56 Å². The van der Waals surface area contributed by atoms with Gasteiger partial charge in [-0.3, -0.25) is 0 Å². The highest BCUT2D eigenvalue weighted by Crippen LogP contribution is 2.27. The van der Waals surface area contributed by atoms with E-state index >= 15 is 0 Å². The average molecular weight is 233 g/mol. The normalized spacial score (nSPS) is 10.8. The minimum atomic E-state index is 0.569. The maximum atomic E-state index is 5.08. The van der Waals surface area contributed by atoms with E-state index in [1.165, 1.54) is 5.56 Å². The molecule has 0 atom stereocenters. The fourth-order valence-corrected chi connectivity index (χ4v) is 2.27. The third-order valence-corrected chi connectivity index (χ3v) is 3.39. The van der Waals surface area contributed by atoms with Gasteiger partial charge in [0.1, 0.15) is 5.01 Å². The van der Waals surface area contributed by atoms with E-state index < -0.39 is 0 Å². The first-order valence-electron chi connectivity index (χ1n) is 5.30. The molecule has 0 aliphatic rings. The van der Waals surface area contributed by atoms with Gasteiger partial charge in [0.25, 0.3) is 0 Å². The number of hydrogen-bond donors (Lipinski definition) is 0. The van der Waals surface area contributed by atoms with Crippen LogP contribution in [0, 0.1) is 0 Å². The van der Waals surface area contributed by atoms with Crippen molar-refractivity contribution in [2.24, 2.45) is 0 Å². The zero-order valence-electron chi connectivity index (χ0n) is 9.73. The monoisotopic (exact) mass is 233 g/mol. The Labute approximate surface area is 99.9 Å². The molecule has 1 aromatic heterocycles. The molecule has 2 nitrogen and oxygen atoms in total. The lowest BCUT2D eigenvalue weighted by Gasteiger charge is -2.05. The highest BCUT2D eigenvalue weighted by atomic mass is 32.1. The number of rotatable bonds is 3. The average Bonchev–Trinajstić information content (AvgIpc) is 2.77. The van der Waals surface area contributed by atoms with E-state index in [4.69, 9.17) is 4.74 Å². The van der Waals surface area contributed by atoms with Crippen molar-refractivity contribution in [1.29, 1.82) is 0 Å². The number of methoxy groups -OCH3 is 1. The van der Waals surface area contributed by atoms with Gasteiger partial charge in [0.2, 0.25) is 5.88 Å². The van der Waals surface area contributed by atoms with Gasteiger partial charge in [0.05, 0.1) is 12.5 Å². The predicted molar refractivity (Wildman–Crippen MR) is 68.2 cm³/mol. The Hall–Kier alpha value is -1.35. The van der Waals surface area contributed by atoms with E-state index in [1.807, 2.05) is 5.38 Å². The third-order valence-electron chi connectivity index (χ3n) is 2.52. The number of benzene rings is 1. The fraction of sp³-hybridized carbons (Fsp3) is 0.308. The number of ether oxygens (including phenoxy) is 1. The number of nitrogens with zero attached hydrogens (tertiary/aromatic N) is 1. The van der Waals surface area contributed by atoms with Crippen molar-refractivity contribution < 1.29 is 4.74 Å². The zero-order valence-corrected chi connectivity index (χ0v) is 10.5. The van der Waals surface area contributed by atoms with Crippen LogP contribution in [0.15, 0.2) is 29.6 Å². The second-order valence-corrected chi connectivity index (χ2v) is 4.83. The minimum absolute atomic E-state index is 0.569. The van der Waals surface area contributed by atoms with Crippen molar-refractivity contribution in [1.82, 2.24) is 4.98 Å². The summed E-state index contributed by atoms with van der Waals surface area (Å²) in [6.07, 6.45) is 0. The molecule has 0 fully saturated rings. The number of hydrogen-bond acceptors (Lipinski definition) is 3. The lowest BCUT2D eigenvalue weighted by Crippen LogP contribution is -1.86. The molecule has 0 saturated heterocycles. The lowest BCUT2D eigenvalue weighted by molar-refractivity contribution is 0.401. The van der Waals surface area contributed by atoms with Gasteiger partial charge < -0.3 is 4.74 Å². The Morgan fingerprint density at radius 2 is 1.88 bits per heavy atom. The smallest absolute Gasteiger partial charge is 0.224 e. The molecule has 1 aromatic carbocycles. The van der Waals surface area contributed by atoms with E-state index in [1.54, 1.807) is 18.4 Å². The molecule has 0 bridgehead atoms. The predicted octanol–water partition coefficient (Wildman–Crippen LogP) is 3.94. The van der Waals surface area contributed by atoms with Crippen LogP contribution in [-0.4, -0.2) is 12.1 Å². The Bertz CT molecular complexity index is 459. The lowest BCUT2D eigenvalue weighted by atomic mass is 10.0. The summed E-state index contributed by atoms with van der Waals surface area (Å²) in [4.78, 5) is 4.37. The third kappa shape index (κ3) is 2.25. The first-order valence-corrected chi connectivity index (χ1v) is 6.18. The molecule has 0 amide bonds. The van der Waals surface area contributed by atoms with Crippen LogP contribution in [-0.2, 0) is 0 Å². The van der Waals surface area contributed by atoms with Gasteiger partial charge in [-0.15, -0.1) is 11.3 Å². The summed E-state index contributed by atoms with van der Waals surface area (Å²) < 4.78 is 5.08. The van der Waals surface area contributed by atoms with E-state index in [0.717, 1.165) is 10.6 Å². The van der Waals surface area contributed by atoms with Crippen LogP contribution in [0.4, 0.5) is 0 Å². The zero-order chi connectivity index (χ0) is 11.5. The van der Waals surface area contributed by atoms with Gasteiger partial charge >= 0.3 is 0 Å². The minimum Gasteiger partial charge on any atom is -0.480 e. The second-order valence-electron chi connectivity index (χ2n) is 3.97. The van der Waals surface area contributed by atoms with Gasteiger partial charge in [-0.05, 0) is 11.5 Å². The van der Waals surface area contributed by atoms with Crippen molar-refractivity contribution in [2.45, 2.75) is 19.8 Å². The van der Waals surface area contributed by atoms with Crippen LogP contribution in [0.25, 0.3) is 10.6 Å². The Morgan fingerprint density at radius 1 is 1.19 bits per heavy atom. The molecule has 2 aromatic rings. The van der Waals surface area contributed by atoms with Crippen molar-refractivity contribution in [2.75, 3.05) is 7.11 Å². The van der Waals surface area contributed by atoms with Gasteiger partial charge in [-0.25, -0.2) is 4.98 Å². The second kappa shape index (κ2) is 4.66. The van der Waals surface area contributed by atoms with Crippen molar-refractivity contribution in [3.05, 3.63) is 35.2 Å². The highest BCUT2D eigenvalue weighted by molar-refractivity contribution is 7.13. The molecule has 0 aliphatic carbocycles. The van der Waals surface area contributed by atoms with E-state index in [2.05, 4.69) is 43.1 Å². The molecular weight excluding hydrogens is 218 g/mol. The SMILES string of the molecule is COc1csc(-c2ccc(C(C)C)cc2)n1. The summed E-state index contributed by atoms with van der Waals surface area (Å²) in [5.74, 6) is 1.26. The molecule has 0 unspecified atom stereocenters. The molecular formula is C13H15NOS. The molecule has 0 radical (unpaired) electrons. The first kappa shape index (κ1) is 11.1. The summed E-state index contributed by atoms with van der Waals surface area (Å²) >= 11 is 1.61. The van der Waals surface area contributed by atoms with Gasteiger partial charge in [-0.1, -0.05) is 38.1 Å². The fourth-order valence-electron chi connectivity index (χ4n) is 1.50. The topological polar surface area (TPSA) is 22.1 Å². The first-order chi connectivity index (χ1) is 7.70. The van der Waals surface area contributed by atoms with Crippen LogP contribution in [0.5, 0.6) is 5.88 Å². The number of thiazole rings is 1. The maximum Gasteiger partial charge on any atom is 0.224 e. The quantitative estimate of drug-likeness (QED) is 0.801. The largest absolute Gasteiger partial charge is 0.480 e. The Kier molecular flexibility index (Phi) is 3.25. The van der Waals surface area contributed by atoms with E-state index in [9.17, 15) is 0 Å². The molecule has 0 spiro atoms. The summed E-state index contributed by atoms with van der Waals surface area (Å²) in [6, 6.07) is 8.56. The maximum absolute atomic E-state index is 5.08. The van der Waals surface area contributed by atoms with Crippen LogP contribution in [0.2, 0.25) is 0 Å². The van der Waals surface area contributed by atoms with Crippen molar-refractivity contribution >= 4 is 11.3 Å². The molecule has 0 N–H and O–H groups in total. The molecule has 3 heteroatoms. The molecule has 16 heavy (non-hydrogen) atoms. The highest BCUT2D eigenvalue weighted by Gasteiger charge is 2.05. The Balaban J connectivity index is 2.27.